The van der Waals surface area contributed by atoms with Crippen LogP contribution in [0.15, 0.2) is 45.4 Å². The molecular weight excluding hydrogens is 294 g/mol. The molecule has 1 aliphatic rings. The Balaban J connectivity index is 1.91. The van der Waals surface area contributed by atoms with Gasteiger partial charge in [-0.2, -0.15) is 4.98 Å². The molecule has 3 rings (SSSR count). The predicted molar refractivity (Wildman–Crippen MR) is 71.9 cm³/mol. The summed E-state index contributed by atoms with van der Waals surface area (Å²) in [5.41, 5.74) is 6.75. The first kappa shape index (κ1) is 11.6. The first-order chi connectivity index (χ1) is 8.74. The van der Waals surface area contributed by atoms with E-state index in [9.17, 15) is 0 Å². The van der Waals surface area contributed by atoms with Crippen molar-refractivity contribution in [1.29, 1.82) is 0 Å². The van der Waals surface area contributed by atoms with E-state index in [0.717, 1.165) is 16.5 Å². The minimum atomic E-state index is 0.0915. The first-order valence-electron chi connectivity index (χ1n) is 5.76. The number of halogens is 1. The van der Waals surface area contributed by atoms with Gasteiger partial charge in [-0.25, -0.2) is 0 Å². The van der Waals surface area contributed by atoms with E-state index < -0.39 is 0 Å². The number of hydrogen-bond acceptors (Lipinski definition) is 4. The fourth-order valence-corrected chi connectivity index (χ4v) is 2.51. The van der Waals surface area contributed by atoms with Crippen LogP contribution < -0.4 is 5.73 Å². The van der Waals surface area contributed by atoms with Gasteiger partial charge in [-0.3, -0.25) is 0 Å². The molecule has 2 aromatic rings. The molecule has 5 heteroatoms. The zero-order valence-electron chi connectivity index (χ0n) is 9.58. The molecule has 18 heavy (non-hydrogen) atoms. The lowest BCUT2D eigenvalue weighted by atomic mass is 10.1. The topological polar surface area (TPSA) is 64.9 Å². The maximum Gasteiger partial charge on any atom is 0.233 e. The summed E-state index contributed by atoms with van der Waals surface area (Å²) in [4.78, 5) is 4.44. The van der Waals surface area contributed by atoms with E-state index in [-0.39, 0.29) is 12.0 Å². The summed E-state index contributed by atoms with van der Waals surface area (Å²) in [6, 6.07) is 7.90. The highest BCUT2D eigenvalue weighted by Gasteiger charge is 2.23. The maximum absolute atomic E-state index is 5.82. The van der Waals surface area contributed by atoms with Crippen LogP contribution >= 0.6 is 15.9 Å². The largest absolute Gasteiger partial charge is 0.338 e. The van der Waals surface area contributed by atoms with E-state index in [0.29, 0.717) is 11.7 Å². The Morgan fingerprint density at radius 3 is 2.83 bits per heavy atom. The molecule has 0 spiro atoms. The van der Waals surface area contributed by atoms with E-state index in [2.05, 4.69) is 26.1 Å². The van der Waals surface area contributed by atoms with Crippen LogP contribution in [0.4, 0.5) is 0 Å². The Labute approximate surface area is 113 Å². The molecule has 0 saturated heterocycles. The molecule has 0 saturated carbocycles. The Morgan fingerprint density at radius 2 is 2.11 bits per heavy atom. The number of nitrogens with zero attached hydrogens (tertiary/aromatic N) is 2. The Kier molecular flexibility index (Phi) is 3.01. The van der Waals surface area contributed by atoms with E-state index in [1.165, 1.54) is 0 Å². The number of hydrogen-bond donors (Lipinski definition) is 1. The lowest BCUT2D eigenvalue weighted by Gasteiger charge is -2.02. The van der Waals surface area contributed by atoms with Crippen LogP contribution in [0.5, 0.6) is 0 Å². The van der Waals surface area contributed by atoms with Crippen molar-refractivity contribution >= 4 is 15.9 Å². The number of benzene rings is 1. The van der Waals surface area contributed by atoms with Gasteiger partial charge < -0.3 is 10.3 Å². The van der Waals surface area contributed by atoms with Crippen molar-refractivity contribution in [1.82, 2.24) is 10.1 Å². The van der Waals surface area contributed by atoms with Gasteiger partial charge in [-0.1, -0.05) is 45.4 Å². The fraction of sp³-hybridized carbons (Fsp3) is 0.231. The third kappa shape index (κ3) is 2.11. The minimum Gasteiger partial charge on any atom is -0.338 e. The molecule has 1 aliphatic carbocycles. The highest BCUT2D eigenvalue weighted by atomic mass is 79.9. The van der Waals surface area contributed by atoms with Gasteiger partial charge in [0.2, 0.25) is 11.7 Å². The monoisotopic (exact) mass is 305 g/mol. The molecule has 4 nitrogen and oxygen atoms in total. The second-order valence-electron chi connectivity index (χ2n) is 4.33. The van der Waals surface area contributed by atoms with Crippen molar-refractivity contribution < 1.29 is 4.52 Å². The number of rotatable bonds is 2. The van der Waals surface area contributed by atoms with Gasteiger partial charge in [0.15, 0.2) is 0 Å². The second kappa shape index (κ2) is 4.66. The van der Waals surface area contributed by atoms with E-state index in [1.54, 1.807) is 0 Å². The van der Waals surface area contributed by atoms with Crippen molar-refractivity contribution in [3.05, 3.63) is 46.8 Å². The van der Waals surface area contributed by atoms with E-state index >= 15 is 0 Å². The van der Waals surface area contributed by atoms with Gasteiger partial charge in [0, 0.05) is 16.1 Å². The molecule has 0 bridgehead atoms. The van der Waals surface area contributed by atoms with Crippen LogP contribution in [0.1, 0.15) is 18.2 Å². The quantitative estimate of drug-likeness (QED) is 0.867. The van der Waals surface area contributed by atoms with Crippen LogP contribution in [0.2, 0.25) is 0 Å². The molecule has 1 aromatic heterocycles. The van der Waals surface area contributed by atoms with Crippen molar-refractivity contribution in [3.63, 3.8) is 0 Å². The van der Waals surface area contributed by atoms with Gasteiger partial charge in [0.1, 0.15) is 0 Å². The van der Waals surface area contributed by atoms with Gasteiger partial charge in [0.25, 0.3) is 0 Å². The molecule has 2 atom stereocenters. The van der Waals surface area contributed by atoms with Gasteiger partial charge >= 0.3 is 0 Å². The zero-order chi connectivity index (χ0) is 12.5. The van der Waals surface area contributed by atoms with Crippen LogP contribution in [0.3, 0.4) is 0 Å². The van der Waals surface area contributed by atoms with Crippen LogP contribution in [-0.2, 0) is 0 Å². The van der Waals surface area contributed by atoms with Crippen LogP contribution in [-0.4, -0.2) is 16.2 Å². The van der Waals surface area contributed by atoms with Crippen molar-refractivity contribution in [3.8, 4) is 11.4 Å². The molecule has 2 unspecified atom stereocenters. The average Bonchev–Trinajstić information content (AvgIpc) is 2.98. The Hall–Kier alpha value is -1.46. The van der Waals surface area contributed by atoms with Gasteiger partial charge in [-0.05, 0) is 18.6 Å². The number of allylic oxidation sites excluding steroid dienone is 1. The summed E-state index contributed by atoms with van der Waals surface area (Å²) in [6.07, 6.45) is 4.84. The molecule has 0 radical (unpaired) electrons. The molecule has 1 aromatic carbocycles. The fourth-order valence-electron chi connectivity index (χ4n) is 2.05. The molecule has 0 amide bonds. The maximum atomic E-state index is 5.82. The standard InChI is InChI=1S/C13H12BrN3O/c14-11-4-2-1-3-10(11)12-16-13(18-17-12)8-5-6-9(15)7-8/h1-6,8-9H,7,15H2. The summed E-state index contributed by atoms with van der Waals surface area (Å²) < 4.78 is 6.27. The van der Waals surface area contributed by atoms with Gasteiger partial charge in [0.05, 0.1) is 5.92 Å². The third-order valence-corrected chi connectivity index (χ3v) is 3.68. The highest BCUT2D eigenvalue weighted by Crippen LogP contribution is 2.30. The summed E-state index contributed by atoms with van der Waals surface area (Å²) >= 11 is 3.48. The molecule has 92 valence electrons. The van der Waals surface area contributed by atoms with E-state index in [1.807, 2.05) is 36.4 Å². The second-order valence-corrected chi connectivity index (χ2v) is 5.18. The van der Waals surface area contributed by atoms with Crippen molar-refractivity contribution in [2.45, 2.75) is 18.4 Å². The molecule has 1 heterocycles. The molecular formula is C13H12BrN3O. The molecule has 0 fully saturated rings. The molecule has 2 N–H and O–H groups in total. The Bertz CT molecular complexity index is 593. The zero-order valence-corrected chi connectivity index (χ0v) is 11.2. The van der Waals surface area contributed by atoms with Crippen molar-refractivity contribution in [2.75, 3.05) is 0 Å². The lowest BCUT2D eigenvalue weighted by molar-refractivity contribution is 0.365. The van der Waals surface area contributed by atoms with Crippen molar-refractivity contribution in [2.24, 2.45) is 5.73 Å². The van der Waals surface area contributed by atoms with Crippen LogP contribution in [0.25, 0.3) is 11.4 Å². The van der Waals surface area contributed by atoms with Gasteiger partial charge in [-0.15, -0.1) is 0 Å². The van der Waals surface area contributed by atoms with Crippen LogP contribution in [0, 0.1) is 0 Å². The first-order valence-corrected chi connectivity index (χ1v) is 6.56. The predicted octanol–water partition coefficient (Wildman–Crippen LogP) is 2.87. The third-order valence-electron chi connectivity index (χ3n) is 2.99. The van der Waals surface area contributed by atoms with E-state index in [4.69, 9.17) is 10.3 Å². The number of aromatic nitrogens is 2. The average molecular weight is 306 g/mol. The SMILES string of the molecule is NC1C=CC(c2nc(-c3ccccc3Br)no2)C1. The molecule has 0 aliphatic heterocycles. The summed E-state index contributed by atoms with van der Waals surface area (Å²) in [7, 11) is 0. The summed E-state index contributed by atoms with van der Waals surface area (Å²) in [6.45, 7) is 0. The minimum absolute atomic E-state index is 0.0915. The number of nitrogens with two attached hydrogens (primary N) is 1. The lowest BCUT2D eigenvalue weighted by Crippen LogP contribution is -2.14. The Morgan fingerprint density at radius 1 is 1.28 bits per heavy atom. The highest BCUT2D eigenvalue weighted by molar-refractivity contribution is 9.10. The smallest absolute Gasteiger partial charge is 0.233 e. The summed E-state index contributed by atoms with van der Waals surface area (Å²) in [5, 5.41) is 4.03. The summed E-state index contributed by atoms with van der Waals surface area (Å²) in [5.74, 6) is 1.38. The normalized spacial score (nSPS) is 22.6.